The minimum Gasteiger partial charge on any atom is -0.453 e. The van der Waals surface area contributed by atoms with Crippen LogP contribution in [-0.2, 0) is 78.7 Å². The van der Waals surface area contributed by atoms with Crippen LogP contribution in [0.3, 0.4) is 0 Å². The highest BCUT2D eigenvalue weighted by Gasteiger charge is 2.33. The lowest BCUT2D eigenvalue weighted by Gasteiger charge is -2.23. The van der Waals surface area contributed by atoms with Crippen molar-refractivity contribution in [1.29, 1.82) is 0 Å². The van der Waals surface area contributed by atoms with E-state index in [1.54, 1.807) is 0 Å². The van der Waals surface area contributed by atoms with Gasteiger partial charge in [0.2, 0.25) is 0 Å². The second-order valence-electron chi connectivity index (χ2n) is 14.6. The van der Waals surface area contributed by atoms with Gasteiger partial charge in [-0.25, -0.2) is 4.89 Å². The Balaban J connectivity index is 1.71. The van der Waals surface area contributed by atoms with Crippen LogP contribution < -0.4 is 10.7 Å². The van der Waals surface area contributed by atoms with Crippen molar-refractivity contribution in [2.75, 3.05) is 25.5 Å². The number of anilines is 1. The Labute approximate surface area is 392 Å². The molecule has 1 aliphatic carbocycles. The van der Waals surface area contributed by atoms with Crippen LogP contribution in [0.5, 0.6) is 0 Å². The molecule has 0 unspecified atom stereocenters. The predicted octanol–water partition coefficient (Wildman–Crippen LogP) is 3.35. The number of amides is 1. The maximum atomic E-state index is 14.0. The fraction of sp³-hybridized carbons (Fsp3) is 0.158. The molecule has 4 aromatic carbocycles. The van der Waals surface area contributed by atoms with Gasteiger partial charge in [-0.05, 0) is 77.7 Å². The summed E-state index contributed by atoms with van der Waals surface area (Å²) in [6, 6.07) is 13.7. The van der Waals surface area contributed by atoms with E-state index in [9.17, 15) is 82.6 Å². The molecule has 1 aliphatic heterocycles. The van der Waals surface area contributed by atoms with Gasteiger partial charge in [0.1, 0.15) is 9.79 Å². The van der Waals surface area contributed by atoms with Crippen LogP contribution in [0.25, 0.3) is 33.4 Å². The molecule has 0 atom stereocenters. The van der Waals surface area contributed by atoms with Gasteiger partial charge in [0.15, 0.2) is 21.1 Å². The molecule has 0 bridgehead atoms. The van der Waals surface area contributed by atoms with Crippen LogP contribution >= 0.6 is 0 Å². The van der Waals surface area contributed by atoms with Crippen molar-refractivity contribution in [3.05, 3.63) is 107 Å². The number of nitrogens with zero attached hydrogens (tertiary/aromatic N) is 2. The van der Waals surface area contributed by atoms with E-state index < -0.39 is 143 Å². The number of hydrogen-bond donors (Lipinski definition) is 8. The van der Waals surface area contributed by atoms with Crippen molar-refractivity contribution in [2.24, 2.45) is 4.99 Å². The first-order valence-electron chi connectivity index (χ1n) is 18.9. The second-order valence-corrected chi connectivity index (χ2v) is 22.9. The Morgan fingerprint density at radius 1 is 0.652 bits per heavy atom. The van der Waals surface area contributed by atoms with Gasteiger partial charge in [-0.15, -0.1) is 0 Å². The zero-order valence-electron chi connectivity index (χ0n) is 34.7. The standard InChI is InChI=1S/C38H35N3O22S6/c1-41(15-4-16-62-43)38(42)26-6-3-2-5-25(26)33-27-11-13-29(39-19-21-7-9-23(64(44,45)46)17-31(21)66(50,51)52)36(68(56,57)58)34(27)63-35-28(33)12-14-30(37(35)69(59,60)61)40-20-22-8-10-24(65(47,48)49)18-32(22)67(53,54)55/h2-3,5-14,17-18,39,43H,4,15-16,19-20H2,1H3,(H,44,45,46)(H,47,48,49)(H,50,51,52)(H,53,54,55)(H,56,57,58)(H,59,60,61). The van der Waals surface area contributed by atoms with E-state index in [0.717, 1.165) is 48.5 Å². The van der Waals surface area contributed by atoms with Crippen LogP contribution in [0.1, 0.15) is 27.9 Å². The lowest BCUT2D eigenvalue weighted by molar-refractivity contribution is -0.242. The topological polar surface area (TPSA) is 414 Å². The fourth-order valence-electron chi connectivity index (χ4n) is 7.09. The largest absolute Gasteiger partial charge is 0.453 e. The first-order chi connectivity index (χ1) is 31.8. The molecular weight excluding hydrogens is 1040 g/mol. The number of hydrogen-bond acceptors (Lipinski definition) is 18. The normalized spacial score (nSPS) is 13.2. The lowest BCUT2D eigenvalue weighted by atomic mass is 9.90. The Morgan fingerprint density at radius 3 is 1.77 bits per heavy atom. The summed E-state index contributed by atoms with van der Waals surface area (Å²) in [6.07, 6.45) is 0.140. The third-order valence-corrected chi connectivity index (χ3v) is 15.5. The van der Waals surface area contributed by atoms with E-state index >= 15 is 0 Å². The number of fused-ring (bicyclic) bond motifs is 2. The van der Waals surface area contributed by atoms with Gasteiger partial charge in [0, 0.05) is 42.2 Å². The quantitative estimate of drug-likeness (QED) is 0.0213. The minimum absolute atomic E-state index is 0.00865. The molecule has 1 heterocycles. The fourth-order valence-corrected chi connectivity index (χ4v) is 11.3. The average Bonchev–Trinajstić information content (AvgIpc) is 3.23. The summed E-state index contributed by atoms with van der Waals surface area (Å²) in [4.78, 5) is 16.9. The molecule has 4 aromatic rings. The van der Waals surface area contributed by atoms with Crippen molar-refractivity contribution in [2.45, 2.75) is 48.9 Å². The summed E-state index contributed by atoms with van der Waals surface area (Å²) in [7, 11) is -30.4. The summed E-state index contributed by atoms with van der Waals surface area (Å²) in [5, 5.41) is 10.3. The maximum Gasteiger partial charge on any atom is 0.300 e. The van der Waals surface area contributed by atoms with Crippen molar-refractivity contribution >= 4 is 83.3 Å². The van der Waals surface area contributed by atoms with E-state index in [1.807, 2.05) is 0 Å². The van der Waals surface area contributed by atoms with Gasteiger partial charge in [0.05, 0.1) is 34.0 Å². The highest BCUT2D eigenvalue weighted by Crippen LogP contribution is 2.46. The molecule has 370 valence electrons. The molecule has 2 aliphatic rings. The van der Waals surface area contributed by atoms with Gasteiger partial charge in [-0.3, -0.25) is 42.4 Å². The summed E-state index contributed by atoms with van der Waals surface area (Å²) in [5.74, 6) is -1.62. The number of carbonyl (C=O) groups is 1. The molecule has 25 nitrogen and oxygen atoms in total. The number of rotatable bonds is 17. The van der Waals surface area contributed by atoms with E-state index in [2.05, 4.69) is 15.2 Å². The number of nitrogens with one attached hydrogen (secondary N) is 1. The maximum absolute atomic E-state index is 14.0. The molecule has 0 radical (unpaired) electrons. The molecule has 6 rings (SSSR count). The molecule has 0 spiro atoms. The van der Waals surface area contributed by atoms with E-state index in [0.29, 0.717) is 12.1 Å². The van der Waals surface area contributed by atoms with E-state index in [1.165, 1.54) is 36.2 Å². The Kier molecular flexibility index (Phi) is 14.6. The zero-order chi connectivity index (χ0) is 51.2. The van der Waals surface area contributed by atoms with Gasteiger partial charge in [-0.1, -0.05) is 30.3 Å². The van der Waals surface area contributed by atoms with E-state index in [4.69, 9.17) is 9.67 Å². The molecule has 1 amide bonds. The van der Waals surface area contributed by atoms with Gasteiger partial charge in [0.25, 0.3) is 66.6 Å². The highest BCUT2D eigenvalue weighted by molar-refractivity contribution is 7.87. The average molecular weight is 1080 g/mol. The zero-order valence-corrected chi connectivity index (χ0v) is 39.6. The van der Waals surface area contributed by atoms with Gasteiger partial charge in [-0.2, -0.15) is 50.5 Å². The smallest absolute Gasteiger partial charge is 0.300 e. The van der Waals surface area contributed by atoms with Crippen molar-refractivity contribution in [3.63, 3.8) is 0 Å². The summed E-state index contributed by atoms with van der Waals surface area (Å²) < 4.78 is 216. The van der Waals surface area contributed by atoms with Crippen LogP contribution in [0.4, 0.5) is 5.69 Å². The molecule has 0 saturated heterocycles. The van der Waals surface area contributed by atoms with Gasteiger partial charge >= 0.3 is 0 Å². The third kappa shape index (κ3) is 11.5. The lowest BCUT2D eigenvalue weighted by Crippen LogP contribution is -2.28. The van der Waals surface area contributed by atoms with E-state index in [-0.39, 0.29) is 47.2 Å². The Morgan fingerprint density at radius 2 is 1.22 bits per heavy atom. The number of benzene rings is 5. The monoisotopic (exact) mass is 1080 g/mol. The predicted molar refractivity (Wildman–Crippen MR) is 237 cm³/mol. The molecule has 31 heteroatoms. The van der Waals surface area contributed by atoms with Gasteiger partial charge < -0.3 is 14.6 Å². The highest BCUT2D eigenvalue weighted by atomic mass is 32.2. The summed E-state index contributed by atoms with van der Waals surface area (Å²) >= 11 is 0. The molecule has 69 heavy (non-hydrogen) atoms. The van der Waals surface area contributed by atoms with Crippen molar-refractivity contribution in [3.8, 4) is 22.5 Å². The molecule has 0 saturated carbocycles. The molecule has 0 fully saturated rings. The minimum atomic E-state index is -5.63. The molecule has 8 N–H and O–H groups in total. The second kappa shape index (κ2) is 19.2. The first kappa shape index (κ1) is 52.6. The Bertz CT molecular complexity index is 3820. The Hall–Kier alpha value is -5.78. The molecular formula is C38H35N3O22S6. The number of carbonyl (C=O) groups excluding carboxylic acids is 1. The SMILES string of the molecule is CN(CCCOO)C(=O)c1ccccc1-c1c2ccc(=NCc3ccc(S(=O)(=O)O)cc3S(=O)(=O)O)c(S(=O)(=O)O)c-2oc2c(S(=O)(=O)O)c(NCc3ccc(S(=O)(=O)O)cc3S(=O)(=O)O)ccc12. The third-order valence-electron chi connectivity index (χ3n) is 10.1. The van der Waals surface area contributed by atoms with Crippen LogP contribution in [0, 0.1) is 0 Å². The van der Waals surface area contributed by atoms with Crippen molar-refractivity contribution in [1.82, 2.24) is 4.90 Å². The first-order valence-corrected chi connectivity index (χ1v) is 27.5. The van der Waals surface area contributed by atoms with Crippen LogP contribution in [0.2, 0.25) is 0 Å². The van der Waals surface area contributed by atoms with Crippen molar-refractivity contribution < 1.29 is 97.2 Å². The van der Waals surface area contributed by atoms with Crippen LogP contribution in [-0.4, -0.2) is 114 Å². The van der Waals surface area contributed by atoms with Crippen LogP contribution in [0.15, 0.2) is 124 Å². The summed E-state index contributed by atoms with van der Waals surface area (Å²) in [5.41, 5.74) is -3.12. The molecule has 0 aromatic heterocycles. The summed E-state index contributed by atoms with van der Waals surface area (Å²) in [6.45, 7) is -1.87.